The molecule has 0 spiro atoms. The highest BCUT2D eigenvalue weighted by Crippen LogP contribution is 2.31. The predicted molar refractivity (Wildman–Crippen MR) is 80.8 cm³/mol. The van der Waals surface area contributed by atoms with E-state index >= 15 is 0 Å². The van der Waals surface area contributed by atoms with Crippen LogP contribution in [0.1, 0.15) is 31.4 Å². The third-order valence-corrected chi connectivity index (χ3v) is 4.04. The molecule has 0 atom stereocenters. The van der Waals surface area contributed by atoms with Gasteiger partial charge in [0.2, 0.25) is 11.8 Å². The van der Waals surface area contributed by atoms with E-state index < -0.39 is 0 Å². The maximum atomic E-state index is 11.4. The van der Waals surface area contributed by atoms with E-state index in [4.69, 9.17) is 4.74 Å². The molecule has 116 valence electrons. The lowest BCUT2D eigenvalue weighted by molar-refractivity contribution is -0.129. The van der Waals surface area contributed by atoms with E-state index in [0.29, 0.717) is 11.8 Å². The molecule has 6 nitrogen and oxygen atoms in total. The van der Waals surface area contributed by atoms with Crippen LogP contribution in [0.5, 0.6) is 5.88 Å². The van der Waals surface area contributed by atoms with Gasteiger partial charge in [0, 0.05) is 51.4 Å². The molecule has 3 rings (SSSR count). The van der Waals surface area contributed by atoms with Crippen molar-refractivity contribution < 1.29 is 9.53 Å². The first-order valence-electron chi connectivity index (χ1n) is 7.18. The van der Waals surface area contributed by atoms with Gasteiger partial charge in [0.25, 0.3) is 0 Å². The number of nitrogens with zero attached hydrogens (tertiary/aromatic N) is 3. The number of amides is 1. The Balaban J connectivity index is 0.00000161. The van der Waals surface area contributed by atoms with E-state index in [1.165, 1.54) is 0 Å². The first kappa shape index (κ1) is 16.0. The average molecular weight is 313 g/mol. The zero-order valence-electron chi connectivity index (χ0n) is 12.1. The Morgan fingerprint density at radius 2 is 1.95 bits per heavy atom. The van der Waals surface area contributed by atoms with Crippen molar-refractivity contribution in [3.8, 4) is 5.88 Å². The van der Waals surface area contributed by atoms with Gasteiger partial charge in [0.15, 0.2) is 0 Å². The van der Waals surface area contributed by atoms with Crippen molar-refractivity contribution in [2.24, 2.45) is 0 Å². The van der Waals surface area contributed by atoms with Crippen LogP contribution in [0.25, 0.3) is 0 Å². The van der Waals surface area contributed by atoms with Crippen LogP contribution < -0.4 is 10.1 Å². The minimum atomic E-state index is 0. The lowest BCUT2D eigenvalue weighted by atomic mass is 9.93. The Labute approximate surface area is 130 Å². The van der Waals surface area contributed by atoms with E-state index in [1.807, 2.05) is 4.90 Å². The SMILES string of the molecule is CC(=O)N1CCC(c2nccnc2OC2CNC2)CC1.Cl. The van der Waals surface area contributed by atoms with Crippen LogP contribution in [0.3, 0.4) is 0 Å². The number of aromatic nitrogens is 2. The molecule has 1 amide bonds. The van der Waals surface area contributed by atoms with Crippen molar-refractivity contribution in [1.29, 1.82) is 0 Å². The van der Waals surface area contributed by atoms with Gasteiger partial charge in [-0.3, -0.25) is 9.78 Å². The highest BCUT2D eigenvalue weighted by atomic mass is 35.5. The van der Waals surface area contributed by atoms with Gasteiger partial charge < -0.3 is 15.0 Å². The fourth-order valence-corrected chi connectivity index (χ4v) is 2.68. The number of carbonyl (C=O) groups is 1. The van der Waals surface area contributed by atoms with Crippen molar-refractivity contribution in [2.75, 3.05) is 26.2 Å². The summed E-state index contributed by atoms with van der Waals surface area (Å²) in [6.07, 6.45) is 5.46. The molecule has 0 aliphatic carbocycles. The van der Waals surface area contributed by atoms with Gasteiger partial charge in [0.1, 0.15) is 11.8 Å². The number of piperidine rings is 1. The highest BCUT2D eigenvalue weighted by Gasteiger charge is 2.28. The maximum absolute atomic E-state index is 11.4. The molecule has 0 unspecified atom stereocenters. The van der Waals surface area contributed by atoms with Gasteiger partial charge >= 0.3 is 0 Å². The Bertz CT molecular complexity index is 488. The highest BCUT2D eigenvalue weighted by molar-refractivity contribution is 5.85. The summed E-state index contributed by atoms with van der Waals surface area (Å²) in [4.78, 5) is 22.1. The van der Waals surface area contributed by atoms with Crippen LogP contribution in [0, 0.1) is 0 Å². The number of hydrogen-bond acceptors (Lipinski definition) is 5. The van der Waals surface area contributed by atoms with E-state index in [2.05, 4.69) is 15.3 Å². The van der Waals surface area contributed by atoms with E-state index in [-0.39, 0.29) is 24.4 Å². The van der Waals surface area contributed by atoms with E-state index in [9.17, 15) is 4.79 Å². The lowest BCUT2D eigenvalue weighted by Crippen LogP contribution is -2.50. The molecule has 1 N–H and O–H groups in total. The van der Waals surface area contributed by atoms with Gasteiger partial charge in [-0.2, -0.15) is 0 Å². The number of nitrogens with one attached hydrogen (secondary N) is 1. The Morgan fingerprint density at radius 1 is 1.29 bits per heavy atom. The van der Waals surface area contributed by atoms with Crippen LogP contribution >= 0.6 is 12.4 Å². The van der Waals surface area contributed by atoms with Crippen LogP contribution in [-0.2, 0) is 4.79 Å². The smallest absolute Gasteiger partial charge is 0.236 e. The summed E-state index contributed by atoms with van der Waals surface area (Å²) in [6, 6.07) is 0. The summed E-state index contributed by atoms with van der Waals surface area (Å²) >= 11 is 0. The molecule has 2 aliphatic rings. The monoisotopic (exact) mass is 312 g/mol. The summed E-state index contributed by atoms with van der Waals surface area (Å²) < 4.78 is 5.89. The molecule has 21 heavy (non-hydrogen) atoms. The lowest BCUT2D eigenvalue weighted by Gasteiger charge is -2.32. The fourth-order valence-electron chi connectivity index (χ4n) is 2.68. The summed E-state index contributed by atoms with van der Waals surface area (Å²) in [7, 11) is 0. The summed E-state index contributed by atoms with van der Waals surface area (Å²) in [5.41, 5.74) is 0.947. The third kappa shape index (κ3) is 3.63. The van der Waals surface area contributed by atoms with Crippen molar-refractivity contribution in [3.63, 3.8) is 0 Å². The maximum Gasteiger partial charge on any atom is 0.236 e. The van der Waals surface area contributed by atoms with Crippen molar-refractivity contribution in [3.05, 3.63) is 18.1 Å². The molecule has 0 saturated carbocycles. The zero-order chi connectivity index (χ0) is 13.9. The summed E-state index contributed by atoms with van der Waals surface area (Å²) in [5.74, 6) is 1.15. The van der Waals surface area contributed by atoms with Gasteiger partial charge in [-0.05, 0) is 12.8 Å². The third-order valence-electron chi connectivity index (χ3n) is 4.04. The number of hydrogen-bond donors (Lipinski definition) is 1. The van der Waals surface area contributed by atoms with Crippen LogP contribution in [0.15, 0.2) is 12.4 Å². The molecular formula is C14H21ClN4O2. The molecule has 1 aromatic rings. The first-order valence-corrected chi connectivity index (χ1v) is 7.18. The van der Waals surface area contributed by atoms with Gasteiger partial charge in [-0.1, -0.05) is 0 Å². The molecule has 0 radical (unpaired) electrons. The number of likely N-dealkylation sites (tertiary alicyclic amines) is 1. The second kappa shape index (κ2) is 7.04. The molecular weight excluding hydrogens is 292 g/mol. The topological polar surface area (TPSA) is 67.4 Å². The number of rotatable bonds is 3. The number of carbonyl (C=O) groups excluding carboxylic acids is 1. The molecule has 0 bridgehead atoms. The Hall–Kier alpha value is -1.40. The molecule has 1 aromatic heterocycles. The number of ether oxygens (including phenoxy) is 1. The van der Waals surface area contributed by atoms with Gasteiger partial charge in [-0.15, -0.1) is 12.4 Å². The average Bonchev–Trinajstić information content (AvgIpc) is 2.43. The molecule has 2 fully saturated rings. The summed E-state index contributed by atoms with van der Waals surface area (Å²) in [6.45, 7) is 4.96. The largest absolute Gasteiger partial charge is 0.470 e. The van der Waals surface area contributed by atoms with Crippen LogP contribution in [0.2, 0.25) is 0 Å². The van der Waals surface area contributed by atoms with Crippen molar-refractivity contribution in [1.82, 2.24) is 20.2 Å². The molecule has 2 aliphatic heterocycles. The van der Waals surface area contributed by atoms with E-state index in [1.54, 1.807) is 19.3 Å². The minimum absolute atomic E-state index is 0. The number of halogens is 1. The quantitative estimate of drug-likeness (QED) is 0.901. The second-order valence-electron chi connectivity index (χ2n) is 5.43. The molecule has 3 heterocycles. The van der Waals surface area contributed by atoms with Crippen LogP contribution in [-0.4, -0.2) is 53.1 Å². The molecule has 0 aromatic carbocycles. The van der Waals surface area contributed by atoms with Gasteiger partial charge in [-0.25, -0.2) is 4.98 Å². The molecule has 7 heteroatoms. The summed E-state index contributed by atoms with van der Waals surface area (Å²) in [5, 5.41) is 3.18. The Kier molecular flexibility index (Phi) is 5.36. The standard InChI is InChI=1S/C14H20N4O2.ClH/c1-10(19)18-6-2-11(3-7-18)13-14(17-5-4-16-13)20-12-8-15-9-12;/h4-5,11-12,15H,2-3,6-9H2,1H3;1H. The Morgan fingerprint density at radius 3 is 2.52 bits per heavy atom. The van der Waals surface area contributed by atoms with Crippen molar-refractivity contribution in [2.45, 2.75) is 31.8 Å². The fraction of sp³-hybridized carbons (Fsp3) is 0.643. The molecule has 2 saturated heterocycles. The first-order chi connectivity index (χ1) is 9.74. The normalized spacial score (nSPS) is 19.6. The van der Waals surface area contributed by atoms with Crippen LogP contribution in [0.4, 0.5) is 0 Å². The van der Waals surface area contributed by atoms with E-state index in [0.717, 1.165) is 44.7 Å². The minimum Gasteiger partial charge on any atom is -0.470 e. The second-order valence-corrected chi connectivity index (χ2v) is 5.43. The predicted octanol–water partition coefficient (Wildman–Crippen LogP) is 0.975. The van der Waals surface area contributed by atoms with Gasteiger partial charge in [0.05, 0.1) is 0 Å². The van der Waals surface area contributed by atoms with Crippen molar-refractivity contribution >= 4 is 18.3 Å². The zero-order valence-corrected chi connectivity index (χ0v) is 12.9.